The zero-order valence-electron chi connectivity index (χ0n) is 12.7. The summed E-state index contributed by atoms with van der Waals surface area (Å²) >= 11 is 0. The molecule has 6 heteroatoms. The van der Waals surface area contributed by atoms with Gasteiger partial charge in [0.05, 0.1) is 11.3 Å². The Morgan fingerprint density at radius 2 is 1.90 bits per heavy atom. The maximum Gasteiger partial charge on any atom is 0.337 e. The van der Waals surface area contributed by atoms with Gasteiger partial charge < -0.3 is 14.9 Å². The lowest BCUT2D eigenvalue weighted by atomic mass is 10.0. The molecular weight excluding hydrogens is 270 g/mol. The number of aromatic nitrogens is 1. The molecule has 0 saturated carbocycles. The Balaban J connectivity index is 2.08. The maximum absolute atomic E-state index is 12.4. The lowest BCUT2D eigenvalue weighted by Crippen LogP contribution is -2.44. The third-order valence-corrected chi connectivity index (χ3v) is 4.02. The number of carbonyl (C=O) groups is 2. The Labute approximate surface area is 124 Å². The fraction of sp³-hybridized carbons (Fsp3) is 0.533. The van der Waals surface area contributed by atoms with E-state index in [1.165, 1.54) is 12.1 Å². The van der Waals surface area contributed by atoms with Gasteiger partial charge in [-0.05, 0) is 46.0 Å². The van der Waals surface area contributed by atoms with Crippen LogP contribution in [0.1, 0.15) is 39.4 Å². The van der Waals surface area contributed by atoms with Gasteiger partial charge in [-0.3, -0.25) is 4.79 Å². The molecule has 1 aromatic heterocycles. The van der Waals surface area contributed by atoms with E-state index in [-0.39, 0.29) is 11.5 Å². The standard InChI is InChI=1S/C15H21N3O3/c1-10-12(15(20)21)4-5-13(16-10)14(19)18-8-6-11(7-9-18)17(2)3/h4-5,11H,6-9H2,1-3H3,(H,20,21). The van der Waals surface area contributed by atoms with E-state index in [4.69, 9.17) is 5.11 Å². The highest BCUT2D eigenvalue weighted by Crippen LogP contribution is 2.17. The van der Waals surface area contributed by atoms with Gasteiger partial charge in [-0.25, -0.2) is 9.78 Å². The molecule has 0 bridgehead atoms. The minimum atomic E-state index is -1.02. The molecule has 2 heterocycles. The second-order valence-corrected chi connectivity index (χ2v) is 5.62. The Hall–Kier alpha value is -1.95. The van der Waals surface area contributed by atoms with Gasteiger partial charge in [0.25, 0.3) is 5.91 Å². The first-order valence-corrected chi connectivity index (χ1v) is 7.06. The van der Waals surface area contributed by atoms with Crippen molar-refractivity contribution in [2.24, 2.45) is 0 Å². The molecule has 1 aliphatic rings. The fourth-order valence-electron chi connectivity index (χ4n) is 2.65. The third kappa shape index (κ3) is 3.39. The molecule has 1 amide bonds. The molecule has 1 N–H and O–H groups in total. The van der Waals surface area contributed by atoms with Crippen molar-refractivity contribution in [2.75, 3.05) is 27.2 Å². The molecule has 1 fully saturated rings. The highest BCUT2D eigenvalue weighted by molar-refractivity contribution is 5.94. The van der Waals surface area contributed by atoms with Gasteiger partial charge in [0.2, 0.25) is 0 Å². The number of aryl methyl sites for hydroxylation is 1. The average molecular weight is 291 g/mol. The Morgan fingerprint density at radius 1 is 1.29 bits per heavy atom. The normalized spacial score (nSPS) is 16.3. The van der Waals surface area contributed by atoms with E-state index in [0.29, 0.717) is 30.5 Å². The fourth-order valence-corrected chi connectivity index (χ4v) is 2.65. The van der Waals surface area contributed by atoms with E-state index >= 15 is 0 Å². The lowest BCUT2D eigenvalue weighted by molar-refractivity contribution is 0.0652. The largest absolute Gasteiger partial charge is 0.478 e. The van der Waals surface area contributed by atoms with Crippen LogP contribution in [0.3, 0.4) is 0 Å². The number of aromatic carboxylic acids is 1. The summed E-state index contributed by atoms with van der Waals surface area (Å²) in [6.07, 6.45) is 1.90. The highest BCUT2D eigenvalue weighted by Gasteiger charge is 2.25. The zero-order chi connectivity index (χ0) is 15.6. The Morgan fingerprint density at radius 3 is 2.38 bits per heavy atom. The van der Waals surface area contributed by atoms with Crippen molar-refractivity contribution >= 4 is 11.9 Å². The molecule has 0 unspecified atom stereocenters. The first kappa shape index (κ1) is 15.4. The molecule has 0 spiro atoms. The second kappa shape index (κ2) is 6.22. The molecule has 1 aromatic rings. The molecule has 0 aliphatic carbocycles. The van der Waals surface area contributed by atoms with E-state index < -0.39 is 5.97 Å². The van der Waals surface area contributed by atoms with Gasteiger partial charge in [-0.2, -0.15) is 0 Å². The van der Waals surface area contributed by atoms with Crippen molar-refractivity contribution in [3.8, 4) is 0 Å². The van der Waals surface area contributed by atoms with Gasteiger partial charge in [0, 0.05) is 19.1 Å². The van der Waals surface area contributed by atoms with Crippen molar-refractivity contribution in [3.63, 3.8) is 0 Å². The van der Waals surface area contributed by atoms with Crippen LogP contribution in [-0.2, 0) is 0 Å². The first-order chi connectivity index (χ1) is 9.90. The molecule has 6 nitrogen and oxygen atoms in total. The molecule has 21 heavy (non-hydrogen) atoms. The number of pyridine rings is 1. The lowest BCUT2D eigenvalue weighted by Gasteiger charge is -2.35. The summed E-state index contributed by atoms with van der Waals surface area (Å²) < 4.78 is 0. The van der Waals surface area contributed by atoms with Crippen molar-refractivity contribution in [2.45, 2.75) is 25.8 Å². The quantitative estimate of drug-likeness (QED) is 0.907. The van der Waals surface area contributed by atoms with Gasteiger partial charge in [-0.15, -0.1) is 0 Å². The SMILES string of the molecule is Cc1nc(C(=O)N2CCC(N(C)C)CC2)ccc1C(=O)O. The summed E-state index contributed by atoms with van der Waals surface area (Å²) in [7, 11) is 4.11. The van der Waals surface area contributed by atoms with Crippen LogP contribution in [-0.4, -0.2) is 65.0 Å². The van der Waals surface area contributed by atoms with Gasteiger partial charge in [-0.1, -0.05) is 0 Å². The Bertz CT molecular complexity index is 549. The van der Waals surface area contributed by atoms with Crippen LogP contribution in [0.25, 0.3) is 0 Å². The summed E-state index contributed by atoms with van der Waals surface area (Å²) in [6.45, 7) is 3.03. The molecular formula is C15H21N3O3. The summed E-state index contributed by atoms with van der Waals surface area (Å²) in [5, 5.41) is 8.99. The number of carboxylic acids is 1. The van der Waals surface area contributed by atoms with Crippen LogP contribution in [0.2, 0.25) is 0 Å². The van der Waals surface area contributed by atoms with Crippen LogP contribution in [0.15, 0.2) is 12.1 Å². The van der Waals surface area contributed by atoms with E-state index in [2.05, 4.69) is 24.0 Å². The number of nitrogens with zero attached hydrogens (tertiary/aromatic N) is 3. The highest BCUT2D eigenvalue weighted by atomic mass is 16.4. The zero-order valence-corrected chi connectivity index (χ0v) is 12.7. The smallest absolute Gasteiger partial charge is 0.337 e. The summed E-state index contributed by atoms with van der Waals surface area (Å²) in [6, 6.07) is 3.46. The van der Waals surface area contributed by atoms with Gasteiger partial charge in [0.1, 0.15) is 5.69 Å². The molecule has 2 rings (SSSR count). The van der Waals surface area contributed by atoms with E-state index in [0.717, 1.165) is 12.8 Å². The monoisotopic (exact) mass is 291 g/mol. The van der Waals surface area contributed by atoms with E-state index in [9.17, 15) is 9.59 Å². The number of carbonyl (C=O) groups excluding carboxylic acids is 1. The number of piperidine rings is 1. The van der Waals surface area contributed by atoms with Crippen LogP contribution in [0.4, 0.5) is 0 Å². The number of hydrogen-bond acceptors (Lipinski definition) is 4. The van der Waals surface area contributed by atoms with Crippen molar-refractivity contribution in [1.82, 2.24) is 14.8 Å². The van der Waals surface area contributed by atoms with E-state index in [1.54, 1.807) is 11.8 Å². The van der Waals surface area contributed by atoms with Crippen LogP contribution in [0.5, 0.6) is 0 Å². The minimum Gasteiger partial charge on any atom is -0.478 e. The molecule has 0 aromatic carbocycles. The molecule has 0 radical (unpaired) electrons. The summed E-state index contributed by atoms with van der Waals surface area (Å²) in [5.74, 6) is -1.14. The number of hydrogen-bond donors (Lipinski definition) is 1. The predicted molar refractivity (Wildman–Crippen MR) is 78.5 cm³/mol. The van der Waals surface area contributed by atoms with Crippen molar-refractivity contribution in [1.29, 1.82) is 0 Å². The van der Waals surface area contributed by atoms with E-state index in [1.807, 2.05) is 0 Å². The Kier molecular flexibility index (Phi) is 4.57. The second-order valence-electron chi connectivity index (χ2n) is 5.62. The number of amides is 1. The molecule has 1 aliphatic heterocycles. The van der Waals surface area contributed by atoms with Crippen LogP contribution < -0.4 is 0 Å². The minimum absolute atomic E-state index is 0.118. The predicted octanol–water partition coefficient (Wildman–Crippen LogP) is 1.25. The number of likely N-dealkylation sites (tertiary alicyclic amines) is 1. The van der Waals surface area contributed by atoms with Gasteiger partial charge >= 0.3 is 5.97 Å². The molecule has 0 atom stereocenters. The summed E-state index contributed by atoms with van der Waals surface area (Å²) in [4.78, 5) is 31.5. The number of carboxylic acid groups (broad SMARTS) is 1. The third-order valence-electron chi connectivity index (χ3n) is 4.02. The maximum atomic E-state index is 12.4. The van der Waals surface area contributed by atoms with Crippen LogP contribution >= 0.6 is 0 Å². The average Bonchev–Trinajstić information content (AvgIpc) is 2.46. The van der Waals surface area contributed by atoms with Crippen LogP contribution in [0, 0.1) is 6.92 Å². The number of rotatable bonds is 3. The summed E-state index contributed by atoms with van der Waals surface area (Å²) in [5.41, 5.74) is 0.829. The topological polar surface area (TPSA) is 73.7 Å². The van der Waals surface area contributed by atoms with Crippen molar-refractivity contribution < 1.29 is 14.7 Å². The van der Waals surface area contributed by atoms with Crippen molar-refractivity contribution in [3.05, 3.63) is 29.1 Å². The molecule has 1 saturated heterocycles. The molecule has 114 valence electrons. The van der Waals surface area contributed by atoms with Gasteiger partial charge in [0.15, 0.2) is 0 Å². The first-order valence-electron chi connectivity index (χ1n) is 7.06.